The molecule has 0 aliphatic carbocycles. The number of nitrogens with one attached hydrogen (secondary N) is 1. The van der Waals surface area contributed by atoms with E-state index in [0.29, 0.717) is 25.2 Å². The summed E-state index contributed by atoms with van der Waals surface area (Å²) in [6.45, 7) is 3.76. The Morgan fingerprint density at radius 1 is 1.41 bits per heavy atom. The van der Waals surface area contributed by atoms with Crippen molar-refractivity contribution in [1.29, 1.82) is 0 Å². The number of carbonyl (C=O) groups excluding carboxylic acids is 1. The number of hydrogen-bond acceptors (Lipinski definition) is 2. The highest BCUT2D eigenvalue weighted by Gasteiger charge is 2.30. The fourth-order valence-electron chi connectivity index (χ4n) is 2.69. The van der Waals surface area contributed by atoms with Crippen molar-refractivity contribution in [2.45, 2.75) is 25.9 Å². The van der Waals surface area contributed by atoms with E-state index in [2.05, 4.69) is 5.32 Å². The Hall–Kier alpha value is -1.56. The van der Waals surface area contributed by atoms with Crippen LogP contribution < -0.4 is 5.32 Å². The van der Waals surface area contributed by atoms with Crippen molar-refractivity contribution in [2.24, 2.45) is 5.92 Å². The molecule has 3 nitrogen and oxygen atoms in total. The number of benzene rings is 1. The van der Waals surface area contributed by atoms with Crippen LogP contribution in [0, 0.1) is 12.8 Å². The first-order chi connectivity index (χ1) is 10.3. The number of halogens is 3. The Bertz CT molecular complexity index is 516. The average Bonchev–Trinajstić information content (AvgIpc) is 2.90. The molecule has 22 heavy (non-hydrogen) atoms. The molecule has 1 fully saturated rings. The summed E-state index contributed by atoms with van der Waals surface area (Å²) in [7, 11) is 0. The van der Waals surface area contributed by atoms with Crippen LogP contribution in [-0.2, 0) is 0 Å². The molecule has 0 unspecified atom stereocenters. The first-order valence-corrected chi connectivity index (χ1v) is 7.47. The Morgan fingerprint density at radius 3 is 2.86 bits per heavy atom. The predicted molar refractivity (Wildman–Crippen MR) is 78.7 cm³/mol. The Labute approximate surface area is 128 Å². The molecule has 1 aromatic rings. The quantitative estimate of drug-likeness (QED) is 0.906. The summed E-state index contributed by atoms with van der Waals surface area (Å²) in [5.74, 6) is 0.0967. The molecule has 1 aliphatic heterocycles. The van der Waals surface area contributed by atoms with Gasteiger partial charge < -0.3 is 10.2 Å². The first-order valence-electron chi connectivity index (χ1n) is 7.47. The third kappa shape index (κ3) is 5.33. The van der Waals surface area contributed by atoms with Gasteiger partial charge in [0.05, 0.1) is 6.42 Å². The lowest BCUT2D eigenvalue weighted by molar-refractivity contribution is -0.137. The molecule has 0 spiro atoms. The monoisotopic (exact) mass is 314 g/mol. The van der Waals surface area contributed by atoms with E-state index in [1.54, 1.807) is 6.07 Å². The highest BCUT2D eigenvalue weighted by molar-refractivity contribution is 5.94. The molecule has 122 valence electrons. The first kappa shape index (κ1) is 16.8. The van der Waals surface area contributed by atoms with Crippen LogP contribution in [0.25, 0.3) is 0 Å². The van der Waals surface area contributed by atoms with Crippen LogP contribution in [0.5, 0.6) is 0 Å². The summed E-state index contributed by atoms with van der Waals surface area (Å²) in [6.07, 6.45) is -4.04. The zero-order valence-corrected chi connectivity index (χ0v) is 12.6. The van der Waals surface area contributed by atoms with Gasteiger partial charge in [-0.1, -0.05) is 17.7 Å². The number of rotatable bonds is 5. The zero-order chi connectivity index (χ0) is 16.2. The zero-order valence-electron chi connectivity index (χ0n) is 12.6. The Morgan fingerprint density at radius 2 is 2.18 bits per heavy atom. The molecule has 0 aromatic heterocycles. The van der Waals surface area contributed by atoms with Crippen molar-refractivity contribution < 1.29 is 18.0 Å². The Kier molecular flexibility index (Phi) is 5.45. The summed E-state index contributed by atoms with van der Waals surface area (Å²) in [5.41, 5.74) is 1.64. The topological polar surface area (TPSA) is 32.3 Å². The lowest BCUT2D eigenvalue weighted by Gasteiger charge is -2.17. The standard InChI is InChI=1S/C16H21F3N2O/c1-12-3-2-4-14(9-12)15(22)20-10-13-5-7-21(11-13)8-6-16(17,18)19/h2-4,9,13H,5-8,10-11H2,1H3,(H,20,22)/t13-/m0/s1. The molecule has 1 amide bonds. The molecular formula is C16H21F3N2O. The summed E-state index contributed by atoms with van der Waals surface area (Å²) < 4.78 is 36.6. The maximum atomic E-state index is 12.2. The number of nitrogens with zero attached hydrogens (tertiary/aromatic N) is 1. The molecule has 0 bridgehead atoms. The number of alkyl halides is 3. The number of hydrogen-bond donors (Lipinski definition) is 1. The van der Waals surface area contributed by atoms with Crippen molar-refractivity contribution in [3.63, 3.8) is 0 Å². The molecule has 1 atom stereocenters. The lowest BCUT2D eigenvalue weighted by Crippen LogP contribution is -2.32. The fraction of sp³-hybridized carbons (Fsp3) is 0.562. The lowest BCUT2D eigenvalue weighted by atomic mass is 10.1. The van der Waals surface area contributed by atoms with E-state index >= 15 is 0 Å². The maximum absolute atomic E-state index is 12.2. The van der Waals surface area contributed by atoms with E-state index in [1.807, 2.05) is 30.0 Å². The second-order valence-electron chi connectivity index (χ2n) is 5.90. The number of amides is 1. The average molecular weight is 314 g/mol. The molecule has 1 N–H and O–H groups in total. The number of likely N-dealkylation sites (tertiary alicyclic amines) is 1. The SMILES string of the molecule is Cc1cccc(C(=O)NC[C@@H]2CCN(CCC(F)(F)F)C2)c1. The summed E-state index contributed by atoms with van der Waals surface area (Å²) in [6, 6.07) is 7.33. The Balaban J connectivity index is 1.73. The maximum Gasteiger partial charge on any atom is 0.390 e. The van der Waals surface area contributed by atoms with Crippen LogP contribution in [0.2, 0.25) is 0 Å². The fourth-order valence-corrected chi connectivity index (χ4v) is 2.69. The van der Waals surface area contributed by atoms with E-state index in [0.717, 1.165) is 12.0 Å². The summed E-state index contributed by atoms with van der Waals surface area (Å²) >= 11 is 0. The van der Waals surface area contributed by atoms with Gasteiger partial charge in [-0.25, -0.2) is 0 Å². The second kappa shape index (κ2) is 7.13. The normalized spacial score (nSPS) is 19.4. The van der Waals surface area contributed by atoms with E-state index in [1.165, 1.54) is 0 Å². The van der Waals surface area contributed by atoms with E-state index < -0.39 is 12.6 Å². The van der Waals surface area contributed by atoms with E-state index in [4.69, 9.17) is 0 Å². The second-order valence-corrected chi connectivity index (χ2v) is 5.90. The van der Waals surface area contributed by atoms with Crippen molar-refractivity contribution >= 4 is 5.91 Å². The highest BCUT2D eigenvalue weighted by Crippen LogP contribution is 2.22. The van der Waals surface area contributed by atoms with Gasteiger partial charge in [-0.15, -0.1) is 0 Å². The molecule has 0 radical (unpaired) electrons. The van der Waals surface area contributed by atoms with Crippen LogP contribution >= 0.6 is 0 Å². The molecule has 1 saturated heterocycles. The third-order valence-electron chi connectivity index (χ3n) is 3.91. The van der Waals surface area contributed by atoms with Gasteiger partial charge >= 0.3 is 6.18 Å². The summed E-state index contributed by atoms with van der Waals surface area (Å²) in [5, 5.41) is 2.87. The van der Waals surface area contributed by atoms with Crippen LogP contribution in [0.15, 0.2) is 24.3 Å². The molecule has 1 aliphatic rings. The van der Waals surface area contributed by atoms with Crippen molar-refractivity contribution in [2.75, 3.05) is 26.2 Å². The number of aryl methyl sites for hydroxylation is 1. The molecule has 6 heteroatoms. The number of carbonyl (C=O) groups is 1. The third-order valence-corrected chi connectivity index (χ3v) is 3.91. The van der Waals surface area contributed by atoms with Crippen molar-refractivity contribution in [1.82, 2.24) is 10.2 Å². The molecule has 1 heterocycles. The van der Waals surface area contributed by atoms with Gasteiger partial charge in [0.1, 0.15) is 0 Å². The largest absolute Gasteiger partial charge is 0.390 e. The minimum Gasteiger partial charge on any atom is -0.352 e. The predicted octanol–water partition coefficient (Wildman–Crippen LogP) is 3.00. The van der Waals surface area contributed by atoms with Crippen LogP contribution in [0.3, 0.4) is 0 Å². The molecule has 1 aromatic carbocycles. The van der Waals surface area contributed by atoms with Gasteiger partial charge in [-0.2, -0.15) is 13.2 Å². The van der Waals surface area contributed by atoms with Crippen LogP contribution in [0.4, 0.5) is 13.2 Å². The minimum absolute atomic E-state index is 0.0474. The molecule has 0 saturated carbocycles. The van der Waals surface area contributed by atoms with E-state index in [-0.39, 0.29) is 18.4 Å². The smallest absolute Gasteiger partial charge is 0.352 e. The van der Waals surface area contributed by atoms with Crippen LogP contribution in [-0.4, -0.2) is 43.2 Å². The van der Waals surface area contributed by atoms with Crippen molar-refractivity contribution in [3.8, 4) is 0 Å². The van der Waals surface area contributed by atoms with Gasteiger partial charge in [0.15, 0.2) is 0 Å². The minimum atomic E-state index is -4.10. The van der Waals surface area contributed by atoms with Gasteiger partial charge in [0.25, 0.3) is 5.91 Å². The van der Waals surface area contributed by atoms with Crippen LogP contribution in [0.1, 0.15) is 28.8 Å². The molecular weight excluding hydrogens is 293 g/mol. The van der Waals surface area contributed by atoms with Crippen molar-refractivity contribution in [3.05, 3.63) is 35.4 Å². The molecule has 2 rings (SSSR count). The highest BCUT2D eigenvalue weighted by atomic mass is 19.4. The summed E-state index contributed by atoms with van der Waals surface area (Å²) in [4.78, 5) is 13.8. The van der Waals surface area contributed by atoms with Gasteiger partial charge in [-0.05, 0) is 37.9 Å². The van der Waals surface area contributed by atoms with E-state index in [9.17, 15) is 18.0 Å². The van der Waals surface area contributed by atoms with Gasteiger partial charge in [0.2, 0.25) is 0 Å². The van der Waals surface area contributed by atoms with Gasteiger partial charge in [-0.3, -0.25) is 4.79 Å². The van der Waals surface area contributed by atoms with Gasteiger partial charge in [0, 0.05) is 25.2 Å².